The van der Waals surface area contributed by atoms with Crippen molar-refractivity contribution in [3.63, 3.8) is 0 Å². The van der Waals surface area contributed by atoms with Crippen LogP contribution >= 0.6 is 0 Å². The summed E-state index contributed by atoms with van der Waals surface area (Å²) in [6, 6.07) is 0. The molecule has 132 valence electrons. The number of carbonyl (C=O) groups excluding carboxylic acids is 1. The minimum absolute atomic E-state index is 0.0346. The smallest absolute Gasteiger partial charge is 0.306 e. The number of unbranched alkanes of at least 4 members (excludes halogenated alkanes) is 8. The van der Waals surface area contributed by atoms with Crippen LogP contribution in [0.3, 0.4) is 0 Å². The predicted octanol–water partition coefficient (Wildman–Crippen LogP) is 6.51. The Morgan fingerprint density at radius 3 is 2.17 bits per heavy atom. The SMILES string of the molecule is CCCCCCCCCCCC(=O)OC(C)C1=CC=C(C)CC1. The summed E-state index contributed by atoms with van der Waals surface area (Å²) in [4.78, 5) is 11.9. The van der Waals surface area contributed by atoms with Crippen molar-refractivity contribution in [1.29, 1.82) is 0 Å². The minimum atomic E-state index is -0.0644. The van der Waals surface area contributed by atoms with Gasteiger partial charge in [0.15, 0.2) is 0 Å². The van der Waals surface area contributed by atoms with E-state index in [1.54, 1.807) is 0 Å². The van der Waals surface area contributed by atoms with Crippen LogP contribution in [0.2, 0.25) is 0 Å². The summed E-state index contributed by atoms with van der Waals surface area (Å²) in [6.45, 7) is 6.39. The molecule has 0 aromatic heterocycles. The van der Waals surface area contributed by atoms with Crippen LogP contribution in [-0.4, -0.2) is 12.1 Å². The number of allylic oxidation sites excluding steroid dienone is 3. The summed E-state index contributed by atoms with van der Waals surface area (Å²) in [5, 5.41) is 0. The van der Waals surface area contributed by atoms with E-state index in [1.807, 2.05) is 6.92 Å². The number of rotatable bonds is 12. The van der Waals surface area contributed by atoms with Gasteiger partial charge in [-0.2, -0.15) is 0 Å². The van der Waals surface area contributed by atoms with Crippen molar-refractivity contribution in [2.45, 2.75) is 104 Å². The van der Waals surface area contributed by atoms with Crippen LogP contribution in [0, 0.1) is 0 Å². The molecule has 1 aliphatic rings. The van der Waals surface area contributed by atoms with E-state index < -0.39 is 0 Å². The normalized spacial score (nSPS) is 15.8. The lowest BCUT2D eigenvalue weighted by molar-refractivity contribution is -0.146. The van der Waals surface area contributed by atoms with Crippen LogP contribution in [0.15, 0.2) is 23.3 Å². The molecule has 0 saturated heterocycles. The molecular weight excluding hydrogens is 284 g/mol. The third-order valence-corrected chi connectivity index (χ3v) is 4.70. The molecule has 1 aliphatic carbocycles. The van der Waals surface area contributed by atoms with Gasteiger partial charge in [0.25, 0.3) is 0 Å². The molecule has 0 aliphatic heterocycles. The summed E-state index contributed by atoms with van der Waals surface area (Å²) in [5.41, 5.74) is 2.65. The standard InChI is InChI=1S/C21H36O2/c1-4-5-6-7-8-9-10-11-12-13-21(22)23-19(3)20-16-14-18(2)15-17-20/h14,16,19H,4-13,15,17H2,1-3H3. The van der Waals surface area contributed by atoms with Gasteiger partial charge in [0.05, 0.1) is 0 Å². The third kappa shape index (κ3) is 9.63. The second-order valence-electron chi connectivity index (χ2n) is 6.97. The van der Waals surface area contributed by atoms with Crippen LogP contribution in [0.4, 0.5) is 0 Å². The Labute approximate surface area is 143 Å². The van der Waals surface area contributed by atoms with Gasteiger partial charge in [-0.1, -0.05) is 76.0 Å². The monoisotopic (exact) mass is 320 g/mol. The Morgan fingerprint density at radius 1 is 1.00 bits per heavy atom. The van der Waals surface area contributed by atoms with Gasteiger partial charge >= 0.3 is 5.97 Å². The van der Waals surface area contributed by atoms with E-state index in [4.69, 9.17) is 4.74 Å². The zero-order valence-corrected chi connectivity index (χ0v) is 15.5. The lowest BCUT2D eigenvalue weighted by Gasteiger charge is -2.19. The van der Waals surface area contributed by atoms with Crippen molar-refractivity contribution in [3.8, 4) is 0 Å². The van der Waals surface area contributed by atoms with Crippen molar-refractivity contribution in [3.05, 3.63) is 23.3 Å². The Hall–Kier alpha value is -1.05. The highest BCUT2D eigenvalue weighted by molar-refractivity contribution is 5.69. The lowest BCUT2D eigenvalue weighted by atomic mass is 9.96. The number of esters is 1. The third-order valence-electron chi connectivity index (χ3n) is 4.70. The van der Waals surface area contributed by atoms with Crippen molar-refractivity contribution < 1.29 is 9.53 Å². The summed E-state index contributed by atoms with van der Waals surface area (Å²) < 4.78 is 5.56. The predicted molar refractivity (Wildman–Crippen MR) is 98.5 cm³/mol. The van der Waals surface area contributed by atoms with Gasteiger partial charge in [0, 0.05) is 6.42 Å². The van der Waals surface area contributed by atoms with Crippen LogP contribution in [0.1, 0.15) is 97.8 Å². The van der Waals surface area contributed by atoms with Crippen molar-refractivity contribution >= 4 is 5.97 Å². The van der Waals surface area contributed by atoms with Crippen molar-refractivity contribution in [2.75, 3.05) is 0 Å². The first-order valence-corrected chi connectivity index (χ1v) is 9.69. The molecule has 0 amide bonds. The first kappa shape index (κ1) is 20.0. The first-order valence-electron chi connectivity index (χ1n) is 9.69. The van der Waals surface area contributed by atoms with Gasteiger partial charge in [-0.25, -0.2) is 0 Å². The first-order chi connectivity index (χ1) is 11.1. The van der Waals surface area contributed by atoms with E-state index in [0.717, 1.165) is 25.7 Å². The lowest BCUT2D eigenvalue weighted by Crippen LogP contribution is -2.18. The van der Waals surface area contributed by atoms with E-state index in [1.165, 1.54) is 56.1 Å². The highest BCUT2D eigenvalue weighted by atomic mass is 16.5. The maximum Gasteiger partial charge on any atom is 0.306 e. The number of hydrogen-bond donors (Lipinski definition) is 0. The Bertz CT molecular complexity index is 393. The van der Waals surface area contributed by atoms with E-state index in [9.17, 15) is 4.79 Å². The molecule has 1 unspecified atom stereocenters. The molecular formula is C21H36O2. The molecule has 0 N–H and O–H groups in total. The zero-order valence-electron chi connectivity index (χ0n) is 15.5. The fourth-order valence-corrected chi connectivity index (χ4v) is 3.01. The van der Waals surface area contributed by atoms with Crippen LogP contribution < -0.4 is 0 Å². The van der Waals surface area contributed by atoms with E-state index >= 15 is 0 Å². The molecule has 0 radical (unpaired) electrons. The van der Waals surface area contributed by atoms with E-state index in [-0.39, 0.29) is 12.1 Å². The summed E-state index contributed by atoms with van der Waals surface area (Å²) in [6.07, 6.45) is 18.4. The molecule has 2 nitrogen and oxygen atoms in total. The van der Waals surface area contributed by atoms with Crippen LogP contribution in [0.5, 0.6) is 0 Å². The second-order valence-corrected chi connectivity index (χ2v) is 6.97. The molecule has 0 fully saturated rings. The molecule has 1 atom stereocenters. The number of ether oxygens (including phenoxy) is 1. The summed E-state index contributed by atoms with van der Waals surface area (Å²) in [5.74, 6) is -0.0346. The molecule has 0 aromatic rings. The van der Waals surface area contributed by atoms with Crippen LogP contribution in [-0.2, 0) is 9.53 Å². The van der Waals surface area contributed by atoms with Gasteiger partial charge in [0.2, 0.25) is 0 Å². The highest BCUT2D eigenvalue weighted by Gasteiger charge is 2.15. The van der Waals surface area contributed by atoms with Crippen molar-refractivity contribution in [1.82, 2.24) is 0 Å². The second kappa shape index (κ2) is 12.4. The van der Waals surface area contributed by atoms with Gasteiger partial charge in [-0.15, -0.1) is 0 Å². The van der Waals surface area contributed by atoms with Gasteiger partial charge in [0.1, 0.15) is 6.10 Å². The maximum absolute atomic E-state index is 11.9. The molecule has 0 spiro atoms. The molecule has 0 heterocycles. The fraction of sp³-hybridized carbons (Fsp3) is 0.762. The zero-order chi connectivity index (χ0) is 16.9. The topological polar surface area (TPSA) is 26.3 Å². The molecule has 0 aromatic carbocycles. The van der Waals surface area contributed by atoms with Crippen molar-refractivity contribution in [2.24, 2.45) is 0 Å². The van der Waals surface area contributed by atoms with E-state index in [0.29, 0.717) is 6.42 Å². The number of carbonyl (C=O) groups is 1. The Kier molecular flexibility index (Phi) is 10.8. The van der Waals surface area contributed by atoms with E-state index in [2.05, 4.69) is 26.0 Å². The average Bonchev–Trinajstić information content (AvgIpc) is 2.54. The largest absolute Gasteiger partial charge is 0.458 e. The van der Waals surface area contributed by atoms with Crippen LogP contribution in [0.25, 0.3) is 0 Å². The fourth-order valence-electron chi connectivity index (χ4n) is 3.01. The van der Waals surface area contributed by atoms with Gasteiger partial charge in [-0.05, 0) is 38.7 Å². The number of hydrogen-bond acceptors (Lipinski definition) is 2. The maximum atomic E-state index is 11.9. The average molecular weight is 321 g/mol. The Balaban J connectivity index is 2.02. The minimum Gasteiger partial charge on any atom is -0.458 e. The van der Waals surface area contributed by atoms with Gasteiger partial charge in [-0.3, -0.25) is 4.79 Å². The molecule has 0 saturated carbocycles. The molecule has 1 rings (SSSR count). The summed E-state index contributed by atoms with van der Waals surface area (Å²) >= 11 is 0. The molecule has 23 heavy (non-hydrogen) atoms. The molecule has 2 heteroatoms. The Morgan fingerprint density at radius 2 is 1.61 bits per heavy atom. The quantitative estimate of drug-likeness (QED) is 0.303. The van der Waals surface area contributed by atoms with Gasteiger partial charge < -0.3 is 4.74 Å². The summed E-state index contributed by atoms with van der Waals surface area (Å²) in [7, 11) is 0. The highest BCUT2D eigenvalue weighted by Crippen LogP contribution is 2.22. The molecule has 0 bridgehead atoms.